The molecule has 1 aliphatic heterocycles. The zero-order valence-corrected chi connectivity index (χ0v) is 23.2. The maximum absolute atomic E-state index is 13.2. The summed E-state index contributed by atoms with van der Waals surface area (Å²) in [5.74, 6) is 0.677. The van der Waals surface area contributed by atoms with Crippen LogP contribution in [-0.2, 0) is 4.74 Å². The lowest BCUT2D eigenvalue weighted by molar-refractivity contribution is -0.0440. The third-order valence-corrected chi connectivity index (χ3v) is 7.53. The highest BCUT2D eigenvalue weighted by Crippen LogP contribution is 2.34. The number of anilines is 1. The Morgan fingerprint density at radius 2 is 1.90 bits per heavy atom. The highest BCUT2D eigenvalue weighted by atomic mass is 16.5. The summed E-state index contributed by atoms with van der Waals surface area (Å²) in [4.78, 5) is 26.7. The van der Waals surface area contributed by atoms with Crippen LogP contribution >= 0.6 is 0 Å². The number of rotatable bonds is 9. The zero-order chi connectivity index (χ0) is 29.2. The topological polar surface area (TPSA) is 144 Å². The Labute approximate surface area is 242 Å². The third-order valence-electron chi connectivity index (χ3n) is 7.53. The fraction of sp³-hybridized carbons (Fsp3) is 0.290. The molecular formula is C31H32N6O5. The molecule has 5 aromatic rings. The van der Waals surface area contributed by atoms with Crippen molar-refractivity contribution in [1.29, 1.82) is 0 Å². The van der Waals surface area contributed by atoms with Gasteiger partial charge in [0.05, 0.1) is 25.6 Å². The minimum atomic E-state index is -1.18. The van der Waals surface area contributed by atoms with E-state index in [0.29, 0.717) is 34.9 Å². The first kappa shape index (κ1) is 27.6. The number of hydrogen-bond donors (Lipinski definition) is 4. The SMILES string of the molecule is CCOc1cccc(C(=O)N[C@@H]2[C@H](O)[C@@H](CO)O[C@H]2n2cnc3c(N[C@H](C)c4cccc5ccccc45)ncnc32)c1. The van der Waals surface area contributed by atoms with Crippen LogP contribution in [0.4, 0.5) is 5.82 Å². The monoisotopic (exact) mass is 568 g/mol. The van der Waals surface area contributed by atoms with Gasteiger partial charge in [0.2, 0.25) is 0 Å². The Morgan fingerprint density at radius 1 is 1.10 bits per heavy atom. The molecule has 1 amide bonds. The molecule has 5 atom stereocenters. The molecule has 3 aromatic carbocycles. The number of aliphatic hydroxyl groups excluding tert-OH is 2. The van der Waals surface area contributed by atoms with Crippen molar-refractivity contribution in [2.75, 3.05) is 18.5 Å². The van der Waals surface area contributed by atoms with Gasteiger partial charge in [0.15, 0.2) is 23.2 Å². The van der Waals surface area contributed by atoms with Gasteiger partial charge in [-0.05, 0) is 48.4 Å². The molecule has 11 heteroatoms. The van der Waals surface area contributed by atoms with Crippen LogP contribution in [0.2, 0.25) is 0 Å². The van der Waals surface area contributed by atoms with Crippen molar-refractivity contribution in [2.24, 2.45) is 0 Å². The van der Waals surface area contributed by atoms with E-state index in [9.17, 15) is 15.0 Å². The number of amides is 1. The van der Waals surface area contributed by atoms with Crippen LogP contribution in [0.25, 0.3) is 21.9 Å². The van der Waals surface area contributed by atoms with Crippen LogP contribution in [0.15, 0.2) is 79.4 Å². The number of fused-ring (bicyclic) bond motifs is 2. The summed E-state index contributed by atoms with van der Waals surface area (Å²) >= 11 is 0. The van der Waals surface area contributed by atoms with E-state index in [1.165, 1.54) is 6.33 Å². The summed E-state index contributed by atoms with van der Waals surface area (Å²) in [6.45, 7) is 3.96. The van der Waals surface area contributed by atoms with Gasteiger partial charge in [-0.25, -0.2) is 15.0 Å². The highest BCUT2D eigenvalue weighted by Gasteiger charge is 2.46. The molecule has 6 rings (SSSR count). The van der Waals surface area contributed by atoms with Crippen LogP contribution in [-0.4, -0.2) is 67.1 Å². The molecule has 1 aliphatic rings. The lowest BCUT2D eigenvalue weighted by Gasteiger charge is -2.23. The first-order chi connectivity index (χ1) is 20.5. The van der Waals surface area contributed by atoms with Crippen molar-refractivity contribution < 1.29 is 24.5 Å². The maximum Gasteiger partial charge on any atom is 0.251 e. The zero-order valence-electron chi connectivity index (χ0n) is 23.2. The molecule has 0 radical (unpaired) electrons. The summed E-state index contributed by atoms with van der Waals surface area (Å²) in [5.41, 5.74) is 2.44. The molecule has 0 aliphatic carbocycles. The minimum absolute atomic E-state index is 0.0952. The summed E-state index contributed by atoms with van der Waals surface area (Å²) in [5, 5.41) is 29.5. The van der Waals surface area contributed by atoms with Crippen molar-refractivity contribution in [3.05, 3.63) is 90.5 Å². The Morgan fingerprint density at radius 3 is 2.74 bits per heavy atom. The average Bonchev–Trinajstić information content (AvgIpc) is 3.58. The fourth-order valence-corrected chi connectivity index (χ4v) is 5.47. The van der Waals surface area contributed by atoms with Crippen LogP contribution < -0.4 is 15.4 Å². The largest absolute Gasteiger partial charge is 0.494 e. The van der Waals surface area contributed by atoms with Gasteiger partial charge in [0.1, 0.15) is 30.3 Å². The van der Waals surface area contributed by atoms with E-state index in [4.69, 9.17) is 9.47 Å². The van der Waals surface area contributed by atoms with Crippen molar-refractivity contribution in [3.63, 3.8) is 0 Å². The maximum atomic E-state index is 13.2. The molecule has 2 aromatic heterocycles. The summed E-state index contributed by atoms with van der Waals surface area (Å²) in [6.07, 6.45) is -0.0144. The van der Waals surface area contributed by atoms with Gasteiger partial charge < -0.3 is 30.3 Å². The van der Waals surface area contributed by atoms with E-state index in [-0.39, 0.29) is 6.04 Å². The molecule has 0 spiro atoms. The molecule has 11 nitrogen and oxygen atoms in total. The summed E-state index contributed by atoms with van der Waals surface area (Å²) < 4.78 is 13.2. The predicted octanol–water partition coefficient (Wildman–Crippen LogP) is 3.60. The number of carbonyl (C=O) groups is 1. The van der Waals surface area contributed by atoms with E-state index in [1.807, 2.05) is 25.1 Å². The molecule has 1 saturated heterocycles. The van der Waals surface area contributed by atoms with Crippen LogP contribution in [0.5, 0.6) is 5.75 Å². The van der Waals surface area contributed by atoms with E-state index in [0.717, 1.165) is 16.3 Å². The molecule has 0 bridgehead atoms. The number of nitrogens with zero attached hydrogens (tertiary/aromatic N) is 4. The average molecular weight is 569 g/mol. The van der Waals surface area contributed by atoms with Crippen LogP contribution in [0.1, 0.15) is 42.0 Å². The van der Waals surface area contributed by atoms with Crippen LogP contribution in [0.3, 0.4) is 0 Å². The van der Waals surface area contributed by atoms with Gasteiger partial charge in [-0.2, -0.15) is 0 Å². The van der Waals surface area contributed by atoms with E-state index in [1.54, 1.807) is 35.2 Å². The van der Waals surface area contributed by atoms with Crippen LogP contribution in [0, 0.1) is 0 Å². The molecular weight excluding hydrogens is 536 g/mol. The highest BCUT2D eigenvalue weighted by molar-refractivity contribution is 5.95. The summed E-state index contributed by atoms with van der Waals surface area (Å²) in [7, 11) is 0. The third kappa shape index (κ3) is 5.13. The number of hydrogen-bond acceptors (Lipinski definition) is 9. The van der Waals surface area contributed by atoms with Crippen molar-refractivity contribution in [1.82, 2.24) is 24.8 Å². The Kier molecular flexibility index (Phi) is 7.70. The van der Waals surface area contributed by atoms with Crippen molar-refractivity contribution in [3.8, 4) is 5.75 Å². The van der Waals surface area contributed by atoms with E-state index < -0.39 is 37.0 Å². The summed E-state index contributed by atoms with van der Waals surface area (Å²) in [6, 6.07) is 20.2. The molecule has 4 N–H and O–H groups in total. The molecule has 0 saturated carbocycles. The molecule has 3 heterocycles. The second kappa shape index (κ2) is 11.7. The van der Waals surface area contributed by atoms with Crippen molar-refractivity contribution in [2.45, 2.75) is 44.4 Å². The predicted molar refractivity (Wildman–Crippen MR) is 157 cm³/mol. The lowest BCUT2D eigenvalue weighted by Crippen LogP contribution is -2.46. The molecule has 216 valence electrons. The number of ether oxygens (including phenoxy) is 2. The number of aliphatic hydroxyl groups is 2. The second-order valence-corrected chi connectivity index (χ2v) is 10.2. The van der Waals surface area contributed by atoms with E-state index >= 15 is 0 Å². The van der Waals surface area contributed by atoms with Crippen molar-refractivity contribution >= 4 is 33.7 Å². The first-order valence-electron chi connectivity index (χ1n) is 13.9. The Bertz CT molecular complexity index is 1720. The number of benzene rings is 3. The number of nitrogens with one attached hydrogen (secondary N) is 2. The second-order valence-electron chi connectivity index (χ2n) is 10.2. The fourth-order valence-electron chi connectivity index (χ4n) is 5.47. The minimum Gasteiger partial charge on any atom is -0.494 e. The number of imidazole rings is 1. The molecule has 1 fully saturated rings. The van der Waals surface area contributed by atoms with Gasteiger partial charge in [-0.1, -0.05) is 48.5 Å². The first-order valence-corrected chi connectivity index (χ1v) is 13.9. The van der Waals surface area contributed by atoms with Gasteiger partial charge in [-0.15, -0.1) is 0 Å². The normalized spacial score (nSPS) is 21.0. The number of aromatic nitrogens is 4. The number of carbonyl (C=O) groups excluding carboxylic acids is 1. The standard InChI is InChI=1S/C31H32N6O5/c1-3-41-21-11-6-10-20(14-21)30(40)36-25-27(39)24(15-38)42-31(25)37-17-34-26-28(32-16-33-29(26)37)35-18(2)22-13-7-9-19-8-4-5-12-23(19)22/h4-14,16-18,24-25,27,31,38-39H,3,15H2,1-2H3,(H,36,40)(H,32,33,35)/t18-,24-,25-,27-,31-/m1/s1. The smallest absolute Gasteiger partial charge is 0.251 e. The van der Waals surface area contributed by atoms with E-state index in [2.05, 4.69) is 56.8 Å². The van der Waals surface area contributed by atoms with Gasteiger partial charge in [0.25, 0.3) is 5.91 Å². The van der Waals surface area contributed by atoms with Gasteiger partial charge in [-0.3, -0.25) is 9.36 Å². The molecule has 0 unspecified atom stereocenters. The quantitative estimate of drug-likeness (QED) is 0.210. The Hall–Kier alpha value is -4.58. The van der Waals surface area contributed by atoms with Gasteiger partial charge >= 0.3 is 0 Å². The Balaban J connectivity index is 1.29. The molecule has 42 heavy (non-hydrogen) atoms. The lowest BCUT2D eigenvalue weighted by atomic mass is 10.00. The van der Waals surface area contributed by atoms with Gasteiger partial charge in [0, 0.05) is 5.56 Å².